The third kappa shape index (κ3) is 2.83. The van der Waals surface area contributed by atoms with E-state index in [1.807, 2.05) is 0 Å². The van der Waals surface area contributed by atoms with Crippen LogP contribution in [0.4, 0.5) is 5.82 Å². The van der Waals surface area contributed by atoms with Crippen LogP contribution in [0.2, 0.25) is 0 Å². The molecule has 0 unspecified atom stereocenters. The van der Waals surface area contributed by atoms with Crippen LogP contribution in [0.3, 0.4) is 0 Å². The lowest BCUT2D eigenvalue weighted by Gasteiger charge is -1.84. The van der Waals surface area contributed by atoms with Crippen LogP contribution < -0.4 is 5.73 Å². The average molecular weight is 163 g/mol. The van der Waals surface area contributed by atoms with Crippen molar-refractivity contribution in [2.75, 3.05) is 5.73 Å². The fraction of sp³-hybridized carbons (Fsp3) is 0. The minimum Gasteiger partial charge on any atom is -0.508 e. The van der Waals surface area contributed by atoms with Gasteiger partial charge in [-0.25, -0.2) is 9.97 Å². The maximum atomic E-state index is 9.11. The Kier molecular flexibility index (Phi) is 2.84. The molecule has 0 bridgehead atoms. The van der Waals surface area contributed by atoms with Crippen molar-refractivity contribution in [3.8, 4) is 5.75 Å². The van der Waals surface area contributed by atoms with E-state index in [0.29, 0.717) is 5.82 Å². The molecule has 12 heavy (non-hydrogen) atoms. The average Bonchev–Trinajstić information content (AvgIpc) is 2.07. The summed E-state index contributed by atoms with van der Waals surface area (Å²) in [7, 11) is 0. The van der Waals surface area contributed by atoms with Crippen molar-refractivity contribution in [3.63, 3.8) is 0 Å². The highest BCUT2D eigenvalue weighted by Gasteiger charge is 1.78. The fourth-order valence-electron chi connectivity index (χ4n) is 0.599. The zero-order chi connectivity index (χ0) is 8.81. The largest absolute Gasteiger partial charge is 0.508 e. The van der Waals surface area contributed by atoms with Crippen molar-refractivity contribution < 1.29 is 5.11 Å². The molecule has 0 spiro atoms. The number of hydrogen-bond donors (Lipinski definition) is 2. The van der Waals surface area contributed by atoms with Crippen LogP contribution in [0.25, 0.3) is 0 Å². The van der Waals surface area contributed by atoms with Gasteiger partial charge in [0, 0.05) is 6.20 Å². The number of anilines is 1. The molecule has 1 heterocycles. The number of rotatable bonds is 0. The Labute approximate surface area is 70.0 Å². The van der Waals surface area contributed by atoms with Gasteiger partial charge in [0.1, 0.15) is 17.9 Å². The number of nitrogens with two attached hydrogens (primary N) is 1. The highest BCUT2D eigenvalue weighted by atomic mass is 16.3. The van der Waals surface area contributed by atoms with E-state index in [4.69, 9.17) is 10.8 Å². The number of aromatic nitrogens is 2. The van der Waals surface area contributed by atoms with Gasteiger partial charge >= 0.3 is 0 Å². The van der Waals surface area contributed by atoms with Crippen LogP contribution in [-0.2, 0) is 0 Å². The molecule has 0 radical (unpaired) electrons. The van der Waals surface area contributed by atoms with Gasteiger partial charge in [-0.1, -0.05) is 0 Å². The summed E-state index contributed by atoms with van der Waals surface area (Å²) < 4.78 is 0. The standard InChI is InChI=1S/C8H9N3O/c9-8-4-3-7(12)2-1-5-10-6-11-8/h1-6,12H,(H2,9,10,11). The summed E-state index contributed by atoms with van der Waals surface area (Å²) in [6.45, 7) is 0. The van der Waals surface area contributed by atoms with Crippen LogP contribution in [0.15, 0.2) is 36.8 Å². The molecule has 0 aliphatic rings. The molecule has 0 saturated carbocycles. The van der Waals surface area contributed by atoms with Crippen molar-refractivity contribution in [3.05, 3.63) is 36.8 Å². The summed E-state index contributed by atoms with van der Waals surface area (Å²) in [5, 5.41) is 9.11. The molecule has 0 atom stereocenters. The van der Waals surface area contributed by atoms with Crippen LogP contribution in [-0.4, -0.2) is 15.1 Å². The monoisotopic (exact) mass is 163 g/mol. The zero-order valence-corrected chi connectivity index (χ0v) is 6.38. The van der Waals surface area contributed by atoms with Crippen molar-refractivity contribution in [1.29, 1.82) is 0 Å². The Balaban J connectivity index is 3.21. The van der Waals surface area contributed by atoms with E-state index in [0.717, 1.165) is 0 Å². The predicted molar refractivity (Wildman–Crippen MR) is 45.7 cm³/mol. The van der Waals surface area contributed by atoms with Gasteiger partial charge in [0.25, 0.3) is 0 Å². The number of hydrogen-bond acceptors (Lipinski definition) is 4. The molecule has 0 aromatic carbocycles. The third-order valence-corrected chi connectivity index (χ3v) is 1.14. The molecule has 4 heteroatoms. The van der Waals surface area contributed by atoms with Gasteiger partial charge in [0.15, 0.2) is 0 Å². The van der Waals surface area contributed by atoms with Gasteiger partial charge in [-0.05, 0) is 24.3 Å². The summed E-state index contributed by atoms with van der Waals surface area (Å²) in [6.07, 6.45) is 2.85. The summed E-state index contributed by atoms with van der Waals surface area (Å²) in [4.78, 5) is 7.50. The molecule has 0 aliphatic carbocycles. The van der Waals surface area contributed by atoms with E-state index < -0.39 is 0 Å². The Hall–Kier alpha value is -1.84. The van der Waals surface area contributed by atoms with Crippen molar-refractivity contribution in [2.45, 2.75) is 0 Å². The van der Waals surface area contributed by atoms with Gasteiger partial charge in [-0.15, -0.1) is 0 Å². The minimum atomic E-state index is 0.113. The third-order valence-electron chi connectivity index (χ3n) is 1.14. The van der Waals surface area contributed by atoms with Crippen LogP contribution in [0.5, 0.6) is 5.75 Å². The molecule has 1 aromatic rings. The first-order chi connectivity index (χ1) is 5.79. The second kappa shape index (κ2) is 4.12. The minimum absolute atomic E-state index is 0.113. The molecule has 0 fully saturated rings. The first-order valence-electron chi connectivity index (χ1n) is 3.38. The lowest BCUT2D eigenvalue weighted by Crippen LogP contribution is -1.84. The molecule has 1 rings (SSSR count). The smallest absolute Gasteiger partial charge is 0.125 e. The Morgan fingerprint density at radius 1 is 1.25 bits per heavy atom. The normalized spacial score (nSPS) is 8.67. The van der Waals surface area contributed by atoms with Gasteiger partial charge in [0.2, 0.25) is 0 Å². The van der Waals surface area contributed by atoms with E-state index >= 15 is 0 Å². The van der Waals surface area contributed by atoms with Gasteiger partial charge in [0.05, 0.1) is 0 Å². The molecular weight excluding hydrogens is 154 g/mol. The SMILES string of the molecule is Nc1ccc(O)cccncn1. The first kappa shape index (κ1) is 8.26. The number of aromatic hydroxyl groups is 1. The lowest BCUT2D eigenvalue weighted by atomic mass is 10.4. The number of nitrogens with zero attached hydrogens (tertiary/aromatic N) is 2. The van der Waals surface area contributed by atoms with E-state index in [-0.39, 0.29) is 5.75 Å². The van der Waals surface area contributed by atoms with E-state index in [2.05, 4.69) is 9.97 Å². The predicted octanol–water partition coefficient (Wildman–Crippen LogP) is 0.889. The summed E-state index contributed by atoms with van der Waals surface area (Å²) >= 11 is 0. The maximum Gasteiger partial charge on any atom is 0.125 e. The Morgan fingerprint density at radius 2 is 2.08 bits per heavy atom. The van der Waals surface area contributed by atoms with Gasteiger partial charge < -0.3 is 10.8 Å². The second-order valence-electron chi connectivity index (χ2n) is 2.08. The molecule has 0 amide bonds. The molecule has 62 valence electrons. The first-order valence-corrected chi connectivity index (χ1v) is 3.38. The van der Waals surface area contributed by atoms with E-state index in [9.17, 15) is 0 Å². The molecular formula is C8H9N3O. The van der Waals surface area contributed by atoms with Gasteiger partial charge in [-0.2, -0.15) is 0 Å². The van der Waals surface area contributed by atoms with Crippen molar-refractivity contribution in [2.24, 2.45) is 0 Å². The van der Waals surface area contributed by atoms with Crippen LogP contribution in [0.1, 0.15) is 0 Å². The topological polar surface area (TPSA) is 72.0 Å². The fourth-order valence-corrected chi connectivity index (χ4v) is 0.599. The molecule has 1 aromatic heterocycles. The van der Waals surface area contributed by atoms with Crippen molar-refractivity contribution >= 4 is 5.82 Å². The van der Waals surface area contributed by atoms with Crippen molar-refractivity contribution in [1.82, 2.24) is 9.97 Å². The Bertz CT molecular complexity index is 281. The summed E-state index contributed by atoms with van der Waals surface area (Å²) in [5.41, 5.74) is 5.40. The van der Waals surface area contributed by atoms with Crippen LogP contribution in [0, 0.1) is 0 Å². The van der Waals surface area contributed by atoms with Crippen LogP contribution >= 0.6 is 0 Å². The molecule has 3 N–H and O–H groups in total. The Morgan fingerprint density at radius 3 is 2.92 bits per heavy atom. The molecule has 0 aliphatic heterocycles. The highest BCUT2D eigenvalue weighted by molar-refractivity contribution is 5.27. The summed E-state index contributed by atoms with van der Waals surface area (Å²) in [6, 6.07) is 6.07. The zero-order valence-electron chi connectivity index (χ0n) is 6.38. The van der Waals surface area contributed by atoms with E-state index in [1.54, 1.807) is 6.07 Å². The molecule has 4 nitrogen and oxygen atoms in total. The quantitative estimate of drug-likeness (QED) is 0.595. The van der Waals surface area contributed by atoms with E-state index in [1.165, 1.54) is 30.7 Å². The maximum absolute atomic E-state index is 9.11. The highest BCUT2D eigenvalue weighted by Crippen LogP contribution is 2.02. The number of nitrogen functional groups attached to an aromatic ring is 1. The molecule has 0 saturated heterocycles. The lowest BCUT2D eigenvalue weighted by molar-refractivity contribution is 0.476. The van der Waals surface area contributed by atoms with Gasteiger partial charge in [-0.3, -0.25) is 0 Å². The second-order valence-corrected chi connectivity index (χ2v) is 2.08. The summed E-state index contributed by atoms with van der Waals surface area (Å²) in [5.74, 6) is 0.413.